The Kier molecular flexibility index (Phi) is 6.34. The van der Waals surface area contributed by atoms with Crippen molar-refractivity contribution in [1.82, 2.24) is 4.31 Å². The minimum absolute atomic E-state index is 0.0327. The molecule has 0 aromatic carbocycles. The molecule has 0 bridgehead atoms. The first-order valence-corrected chi connectivity index (χ1v) is 7.46. The van der Waals surface area contributed by atoms with Gasteiger partial charge in [0.1, 0.15) is 0 Å². The standard InChI is InChI=1S/C12H19NO6S/c1-10(9-18-3)13(6-7-17-2)20(15,16)12-5-4-11(8-14)19-12/h4-5,8,10H,6-7,9H2,1-3H3. The van der Waals surface area contributed by atoms with E-state index < -0.39 is 10.0 Å². The summed E-state index contributed by atoms with van der Waals surface area (Å²) in [7, 11) is -0.852. The molecule has 0 aliphatic rings. The van der Waals surface area contributed by atoms with Crippen molar-refractivity contribution in [3.05, 3.63) is 17.9 Å². The molecule has 1 aromatic heterocycles. The van der Waals surface area contributed by atoms with Crippen molar-refractivity contribution in [2.45, 2.75) is 18.1 Å². The van der Waals surface area contributed by atoms with Crippen molar-refractivity contribution in [3.8, 4) is 0 Å². The lowest BCUT2D eigenvalue weighted by atomic mass is 10.3. The molecule has 0 fully saturated rings. The summed E-state index contributed by atoms with van der Waals surface area (Å²) in [5.74, 6) is -0.0327. The molecule has 0 amide bonds. The molecule has 0 aliphatic heterocycles. The Hall–Kier alpha value is -1.22. The van der Waals surface area contributed by atoms with Crippen LogP contribution in [-0.4, -0.2) is 59.0 Å². The van der Waals surface area contributed by atoms with Crippen molar-refractivity contribution in [2.75, 3.05) is 34.0 Å². The van der Waals surface area contributed by atoms with Gasteiger partial charge in [-0.3, -0.25) is 4.79 Å². The van der Waals surface area contributed by atoms with Crippen molar-refractivity contribution in [2.24, 2.45) is 0 Å². The number of hydrogen-bond acceptors (Lipinski definition) is 6. The van der Waals surface area contributed by atoms with Gasteiger partial charge < -0.3 is 13.9 Å². The molecule has 0 radical (unpaired) electrons. The van der Waals surface area contributed by atoms with Crippen LogP contribution in [0.2, 0.25) is 0 Å². The maximum Gasteiger partial charge on any atom is 0.276 e. The smallest absolute Gasteiger partial charge is 0.276 e. The van der Waals surface area contributed by atoms with Gasteiger partial charge in [-0.25, -0.2) is 8.42 Å². The normalized spacial score (nSPS) is 13.6. The van der Waals surface area contributed by atoms with Crippen molar-refractivity contribution in [3.63, 3.8) is 0 Å². The number of carbonyl (C=O) groups is 1. The van der Waals surface area contributed by atoms with Gasteiger partial charge in [0.05, 0.1) is 13.2 Å². The molecule has 1 atom stereocenters. The van der Waals surface area contributed by atoms with Gasteiger partial charge in [0.15, 0.2) is 12.0 Å². The summed E-state index contributed by atoms with van der Waals surface area (Å²) in [6, 6.07) is 2.19. The van der Waals surface area contributed by atoms with Crippen LogP contribution < -0.4 is 0 Å². The molecule has 1 unspecified atom stereocenters. The molecule has 1 heterocycles. The van der Waals surface area contributed by atoms with Gasteiger partial charge in [0.25, 0.3) is 10.0 Å². The number of carbonyl (C=O) groups excluding carboxylic acids is 1. The van der Waals surface area contributed by atoms with E-state index in [-0.39, 0.29) is 36.7 Å². The number of furan rings is 1. The summed E-state index contributed by atoms with van der Waals surface area (Å²) in [6.45, 7) is 2.37. The van der Waals surface area contributed by atoms with Crippen LogP contribution in [0.3, 0.4) is 0 Å². The Morgan fingerprint density at radius 2 is 2.05 bits per heavy atom. The summed E-state index contributed by atoms with van der Waals surface area (Å²) in [6.07, 6.45) is 0.455. The summed E-state index contributed by atoms with van der Waals surface area (Å²) in [5.41, 5.74) is 0. The zero-order valence-electron chi connectivity index (χ0n) is 11.7. The lowest BCUT2D eigenvalue weighted by Crippen LogP contribution is -2.42. The van der Waals surface area contributed by atoms with Crippen LogP contribution >= 0.6 is 0 Å². The Labute approximate surface area is 118 Å². The SMILES string of the molecule is COCCN(C(C)COC)S(=O)(=O)c1ccc(C=O)o1. The second kappa shape index (κ2) is 7.53. The zero-order valence-corrected chi connectivity index (χ0v) is 12.6. The highest BCUT2D eigenvalue weighted by Crippen LogP contribution is 2.20. The number of ether oxygens (including phenoxy) is 2. The summed E-state index contributed by atoms with van der Waals surface area (Å²) in [4.78, 5) is 10.6. The molecular formula is C12H19NO6S. The van der Waals surface area contributed by atoms with Gasteiger partial charge in [-0.1, -0.05) is 0 Å². The fourth-order valence-electron chi connectivity index (χ4n) is 1.73. The Morgan fingerprint density at radius 1 is 1.35 bits per heavy atom. The van der Waals surface area contributed by atoms with Crippen molar-refractivity contribution in [1.29, 1.82) is 0 Å². The molecule has 114 valence electrons. The van der Waals surface area contributed by atoms with E-state index in [0.717, 1.165) is 0 Å². The van der Waals surface area contributed by atoms with Gasteiger partial charge in [-0.05, 0) is 19.1 Å². The third-order valence-electron chi connectivity index (χ3n) is 2.70. The first-order valence-electron chi connectivity index (χ1n) is 6.02. The van der Waals surface area contributed by atoms with Crippen LogP contribution in [0.25, 0.3) is 0 Å². The van der Waals surface area contributed by atoms with Crippen LogP contribution in [-0.2, 0) is 19.5 Å². The number of aldehydes is 1. The molecule has 0 spiro atoms. The molecule has 7 nitrogen and oxygen atoms in total. The highest BCUT2D eigenvalue weighted by atomic mass is 32.2. The minimum Gasteiger partial charge on any atom is -0.440 e. The van der Waals surface area contributed by atoms with E-state index in [1.807, 2.05) is 0 Å². The van der Waals surface area contributed by atoms with Crippen LogP contribution in [0.4, 0.5) is 0 Å². The van der Waals surface area contributed by atoms with Gasteiger partial charge >= 0.3 is 0 Å². The van der Waals surface area contributed by atoms with E-state index in [0.29, 0.717) is 6.29 Å². The fourth-order valence-corrected chi connectivity index (χ4v) is 3.26. The van der Waals surface area contributed by atoms with Crippen LogP contribution in [0.5, 0.6) is 0 Å². The predicted molar refractivity (Wildman–Crippen MR) is 71.2 cm³/mol. The second-order valence-electron chi connectivity index (χ2n) is 4.19. The fraction of sp³-hybridized carbons (Fsp3) is 0.583. The number of hydrogen-bond donors (Lipinski definition) is 0. The largest absolute Gasteiger partial charge is 0.440 e. The van der Waals surface area contributed by atoms with E-state index in [4.69, 9.17) is 13.9 Å². The second-order valence-corrected chi connectivity index (χ2v) is 6.01. The summed E-state index contributed by atoms with van der Waals surface area (Å²) in [5, 5.41) is -0.265. The summed E-state index contributed by atoms with van der Waals surface area (Å²) < 4.78 is 41.1. The average molecular weight is 305 g/mol. The highest BCUT2D eigenvalue weighted by Gasteiger charge is 2.31. The lowest BCUT2D eigenvalue weighted by molar-refractivity contribution is 0.109. The number of nitrogens with zero attached hydrogens (tertiary/aromatic N) is 1. The van der Waals surface area contributed by atoms with Gasteiger partial charge in [0.2, 0.25) is 5.09 Å². The van der Waals surface area contributed by atoms with E-state index in [9.17, 15) is 13.2 Å². The average Bonchev–Trinajstić information content (AvgIpc) is 2.88. The van der Waals surface area contributed by atoms with Crippen LogP contribution in [0, 0.1) is 0 Å². The van der Waals surface area contributed by atoms with Crippen molar-refractivity contribution >= 4 is 16.3 Å². The van der Waals surface area contributed by atoms with E-state index in [2.05, 4.69) is 0 Å². The van der Waals surface area contributed by atoms with Gasteiger partial charge in [-0.15, -0.1) is 0 Å². The Bertz CT molecular complexity index is 524. The third-order valence-corrected chi connectivity index (χ3v) is 4.58. The monoisotopic (exact) mass is 305 g/mol. The van der Waals surface area contributed by atoms with Crippen LogP contribution in [0.1, 0.15) is 17.5 Å². The number of methoxy groups -OCH3 is 2. The third kappa shape index (κ3) is 3.89. The Balaban J connectivity index is 3.05. The van der Waals surface area contributed by atoms with E-state index in [1.165, 1.54) is 30.7 Å². The van der Waals surface area contributed by atoms with E-state index >= 15 is 0 Å². The maximum absolute atomic E-state index is 12.5. The molecular weight excluding hydrogens is 286 g/mol. The quantitative estimate of drug-likeness (QED) is 0.626. The van der Waals surface area contributed by atoms with Gasteiger partial charge in [0, 0.05) is 26.8 Å². The minimum atomic E-state index is -3.84. The predicted octanol–water partition coefficient (Wildman–Crippen LogP) is 0.764. The number of sulfonamides is 1. The molecule has 0 saturated carbocycles. The molecule has 1 rings (SSSR count). The topological polar surface area (TPSA) is 86.0 Å². The molecule has 20 heavy (non-hydrogen) atoms. The van der Waals surface area contributed by atoms with E-state index in [1.54, 1.807) is 6.92 Å². The molecule has 0 saturated heterocycles. The number of rotatable bonds is 9. The molecule has 1 aromatic rings. The lowest BCUT2D eigenvalue weighted by Gasteiger charge is -2.26. The zero-order chi connectivity index (χ0) is 15.2. The first-order chi connectivity index (χ1) is 9.47. The van der Waals surface area contributed by atoms with Crippen LogP contribution in [0.15, 0.2) is 21.6 Å². The first kappa shape index (κ1) is 16.8. The van der Waals surface area contributed by atoms with Gasteiger partial charge in [-0.2, -0.15) is 4.31 Å². The maximum atomic E-state index is 12.5. The van der Waals surface area contributed by atoms with Crippen molar-refractivity contribution < 1.29 is 27.1 Å². The molecule has 0 aliphatic carbocycles. The molecule has 0 N–H and O–H groups in total. The Morgan fingerprint density at radius 3 is 2.55 bits per heavy atom. The highest BCUT2D eigenvalue weighted by molar-refractivity contribution is 7.89. The molecule has 8 heteroatoms. The summed E-state index contributed by atoms with van der Waals surface area (Å²) >= 11 is 0.